The van der Waals surface area contributed by atoms with Crippen molar-refractivity contribution in [3.63, 3.8) is 0 Å². The Balaban J connectivity index is -0.0000000131. The topological polar surface area (TPSA) is 4.36 Å². The molecule has 0 bridgehead atoms. The zero-order chi connectivity index (χ0) is 6.12. The third-order valence-corrected chi connectivity index (χ3v) is 0.177. The molecule has 0 fully saturated rings. The predicted molar refractivity (Wildman–Crippen MR) is 42.2 cm³/mol. The second-order valence-corrected chi connectivity index (χ2v) is 0.688. The zero-order valence-electron chi connectivity index (χ0n) is 6.66. The molecule has 0 aromatic carbocycles. The average Bonchev–Trinajstić information content (AvgIpc) is 1.69. The Morgan fingerprint density at radius 2 is 1.60 bits per heavy atom. The third-order valence-electron chi connectivity index (χ3n) is 0.177. The van der Waals surface area contributed by atoms with Crippen molar-refractivity contribution >= 4 is 0 Å². The van der Waals surface area contributed by atoms with Crippen LogP contribution in [-0.2, 0) is 22.4 Å². The number of hydrogen-bond acceptors (Lipinski definition) is 0. The molecule has 0 aliphatic rings. The molecule has 0 atom stereocenters. The van der Waals surface area contributed by atoms with Crippen LogP contribution in [0.25, 0.3) is 4.85 Å². The summed E-state index contributed by atoms with van der Waals surface area (Å²) in [6.45, 7) is 7.60. The molecular weight excluding hydrogens is 307 g/mol. The largest absolute Gasteiger partial charge is 1.00 e. The molecule has 64 valence electrons. The minimum atomic E-state index is 0. The van der Waals surface area contributed by atoms with Crippen LogP contribution in [-0.4, -0.2) is 0 Å². The quantitative estimate of drug-likeness (QED) is 0.367. The van der Waals surface area contributed by atoms with Crippen LogP contribution in [0.5, 0.6) is 0 Å². The second-order valence-electron chi connectivity index (χ2n) is 0.688. The first kappa shape index (κ1) is 33.4. The fraction of sp³-hybridized carbons (Fsp3) is 0.250. The van der Waals surface area contributed by atoms with Gasteiger partial charge in [-0.2, -0.15) is 0 Å². The van der Waals surface area contributed by atoms with Crippen molar-refractivity contribution in [1.82, 2.24) is 0 Å². The normalized spacial score (nSPS) is 2.70. The summed E-state index contributed by atoms with van der Waals surface area (Å²) in [5.74, 6) is 2.18. The van der Waals surface area contributed by atoms with Crippen LogP contribution in [0.2, 0.25) is 0 Å². The van der Waals surface area contributed by atoms with Crippen LogP contribution in [0.15, 0.2) is 0 Å². The van der Waals surface area contributed by atoms with E-state index in [9.17, 15) is 0 Å². The summed E-state index contributed by atoms with van der Waals surface area (Å²) in [7, 11) is 2.78. The first-order chi connectivity index (χ1) is 3.33. The molecule has 0 aromatic heterocycles. The Morgan fingerprint density at radius 3 is 1.60 bits per heavy atom. The molecule has 1 nitrogen and oxygen atoms in total. The summed E-state index contributed by atoms with van der Waals surface area (Å²) in [6.07, 6.45) is 6.94. The van der Waals surface area contributed by atoms with Gasteiger partial charge in [0.2, 0.25) is 0 Å². The van der Waals surface area contributed by atoms with E-state index in [2.05, 4.69) is 17.8 Å². The minimum Gasteiger partial charge on any atom is -0.694 e. The van der Waals surface area contributed by atoms with Crippen LogP contribution < -0.4 is 0 Å². The Labute approximate surface area is 81.5 Å². The van der Waals surface area contributed by atoms with Crippen molar-refractivity contribution in [1.29, 1.82) is 0 Å². The maximum atomic E-state index is 6.20. The molecule has 0 heterocycles. The smallest absolute Gasteiger partial charge is 0.694 e. The van der Waals surface area contributed by atoms with Gasteiger partial charge < -0.3 is 32.0 Å². The van der Waals surface area contributed by atoms with E-state index in [-0.39, 0.29) is 37.2 Å². The van der Waals surface area contributed by atoms with E-state index in [1.54, 1.807) is 0 Å². The number of hydrogen-bond donors (Lipinski definition) is 0. The SMILES string of the molecule is [Au+].[C-]#CCC.[C-]#[N+][CH2-].[CH3-].[CH3-]. The fourth-order valence-electron chi connectivity index (χ4n) is 0. The van der Waals surface area contributed by atoms with Crippen molar-refractivity contribution < 1.29 is 22.4 Å². The van der Waals surface area contributed by atoms with Gasteiger partial charge in [0.05, 0.1) is 0 Å². The van der Waals surface area contributed by atoms with Crippen LogP contribution in [0.4, 0.5) is 0 Å². The molecule has 0 aromatic rings. The first-order valence-corrected chi connectivity index (χ1v) is 1.85. The maximum absolute atomic E-state index is 6.20. The molecule has 0 rings (SSSR count). The van der Waals surface area contributed by atoms with E-state index in [0.717, 1.165) is 6.42 Å². The summed E-state index contributed by atoms with van der Waals surface area (Å²) in [4.78, 5) is 2.50. The summed E-state index contributed by atoms with van der Waals surface area (Å²) in [5.41, 5.74) is 0. The van der Waals surface area contributed by atoms with Crippen molar-refractivity contribution in [2.75, 3.05) is 0 Å². The molecule has 0 saturated heterocycles. The molecule has 10 heavy (non-hydrogen) atoms. The molecule has 0 unspecified atom stereocenters. The van der Waals surface area contributed by atoms with E-state index in [4.69, 9.17) is 13.0 Å². The van der Waals surface area contributed by atoms with Gasteiger partial charge in [-0.1, -0.05) is 14.0 Å². The van der Waals surface area contributed by atoms with Gasteiger partial charge >= 0.3 is 22.4 Å². The Bertz CT molecular complexity index is 86.4. The van der Waals surface area contributed by atoms with Crippen LogP contribution in [0, 0.1) is 40.8 Å². The first-order valence-electron chi connectivity index (χ1n) is 1.85. The van der Waals surface area contributed by atoms with Gasteiger partial charge in [-0.3, -0.25) is 6.57 Å². The van der Waals surface area contributed by atoms with Crippen molar-refractivity contribution in [2.45, 2.75) is 13.3 Å². The van der Waals surface area contributed by atoms with Crippen molar-refractivity contribution in [3.8, 4) is 5.92 Å². The molecule has 0 amide bonds. The maximum Gasteiger partial charge on any atom is 1.00 e. The van der Waals surface area contributed by atoms with Crippen LogP contribution in [0.1, 0.15) is 13.3 Å². The van der Waals surface area contributed by atoms with Gasteiger partial charge in [0.25, 0.3) is 0 Å². The average molecular weight is 320 g/mol. The summed E-state index contributed by atoms with van der Waals surface area (Å²) in [6, 6.07) is 0. The Hall–Kier alpha value is -0.340. The molecule has 0 radical (unpaired) electrons. The van der Waals surface area contributed by atoms with Crippen molar-refractivity contribution in [3.05, 3.63) is 39.7 Å². The molecular formula is C8H13AuN-3. The van der Waals surface area contributed by atoms with Crippen LogP contribution >= 0.6 is 0 Å². The van der Waals surface area contributed by atoms with E-state index in [0.29, 0.717) is 0 Å². The van der Waals surface area contributed by atoms with Gasteiger partial charge in [0.1, 0.15) is 0 Å². The fourth-order valence-corrected chi connectivity index (χ4v) is 0. The van der Waals surface area contributed by atoms with Gasteiger partial charge in [-0.05, 0) is 6.42 Å². The van der Waals surface area contributed by atoms with E-state index in [1.165, 1.54) is 0 Å². The van der Waals surface area contributed by atoms with Gasteiger partial charge in [-0.15, -0.1) is 0 Å². The monoisotopic (exact) mass is 320 g/mol. The van der Waals surface area contributed by atoms with E-state index < -0.39 is 0 Å². The second kappa shape index (κ2) is 71.8. The minimum absolute atomic E-state index is 0. The summed E-state index contributed by atoms with van der Waals surface area (Å²) < 4.78 is 0. The molecule has 0 aliphatic carbocycles. The number of nitrogens with zero attached hydrogens (tertiary/aromatic N) is 1. The predicted octanol–water partition coefficient (Wildman–Crippen LogP) is 2.58. The molecule has 0 aliphatic heterocycles. The molecule has 2 heteroatoms. The zero-order valence-corrected chi connectivity index (χ0v) is 8.83. The Morgan fingerprint density at radius 1 is 1.50 bits per heavy atom. The van der Waals surface area contributed by atoms with Gasteiger partial charge in [0, 0.05) is 0 Å². The van der Waals surface area contributed by atoms with Gasteiger partial charge in [-0.25, -0.2) is 0 Å². The summed E-state index contributed by atoms with van der Waals surface area (Å²) >= 11 is 0. The number of rotatable bonds is 0. The summed E-state index contributed by atoms with van der Waals surface area (Å²) in [5, 5.41) is 0. The Kier molecular flexibility index (Phi) is 240. The molecule has 0 saturated carbocycles. The van der Waals surface area contributed by atoms with Crippen LogP contribution in [0.3, 0.4) is 0 Å². The molecule has 0 spiro atoms. The third kappa shape index (κ3) is 779. The van der Waals surface area contributed by atoms with Gasteiger partial charge in [0.15, 0.2) is 0 Å². The van der Waals surface area contributed by atoms with Crippen molar-refractivity contribution in [2.24, 2.45) is 0 Å². The molecule has 0 N–H and O–H groups in total. The standard InChI is InChI=1S/C4H5.C2H2N.2CH3.Au/c1-3-4-2;1-3-2;;;/h3H2,1H3;1H2;2*1H3;/q4*-1;+1. The van der Waals surface area contributed by atoms with E-state index in [1.807, 2.05) is 6.92 Å². The van der Waals surface area contributed by atoms with E-state index >= 15 is 0 Å².